The average molecular weight is 316 g/mol. The first kappa shape index (κ1) is 15.3. The summed E-state index contributed by atoms with van der Waals surface area (Å²) < 4.78 is 5.09. The maximum atomic E-state index is 11.8. The summed E-state index contributed by atoms with van der Waals surface area (Å²) in [6, 6.07) is 0. The van der Waals surface area contributed by atoms with Crippen molar-refractivity contribution in [3.05, 3.63) is 16.1 Å². The van der Waals surface area contributed by atoms with Crippen LogP contribution < -0.4 is 5.32 Å². The molecule has 1 aliphatic heterocycles. The normalized spacial score (nSPS) is 21.9. The maximum Gasteiger partial charge on any atom is 0.331 e. The summed E-state index contributed by atoms with van der Waals surface area (Å²) in [5.41, 5.74) is -0.308. The molecular formula is C12H16N2O4S2. The molecule has 1 amide bonds. The minimum atomic E-state index is -1.26. The van der Waals surface area contributed by atoms with Gasteiger partial charge in [-0.3, -0.25) is 4.79 Å². The van der Waals surface area contributed by atoms with Crippen LogP contribution in [0, 0.1) is 6.92 Å². The zero-order chi connectivity index (χ0) is 14.6. The SMILES string of the molecule is Cc1nc(CSCC(=O)NC2(C(=O)O)CCOC2)cs1. The fourth-order valence-corrected chi connectivity index (χ4v) is 3.35. The molecule has 2 rings (SSSR count). The number of aliphatic carboxylic acids is 1. The van der Waals surface area contributed by atoms with Gasteiger partial charge in [-0.15, -0.1) is 23.1 Å². The standard InChI is InChI=1S/C12H16N2O4S2/c1-8-13-9(5-20-8)4-19-6-10(15)14-12(11(16)17)2-3-18-7-12/h5H,2-4,6-7H2,1H3,(H,14,15)(H,16,17). The molecule has 110 valence electrons. The van der Waals surface area contributed by atoms with Gasteiger partial charge < -0.3 is 15.2 Å². The smallest absolute Gasteiger partial charge is 0.331 e. The summed E-state index contributed by atoms with van der Waals surface area (Å²) in [6.07, 6.45) is 0.310. The van der Waals surface area contributed by atoms with E-state index in [4.69, 9.17) is 4.74 Å². The van der Waals surface area contributed by atoms with Gasteiger partial charge in [0.25, 0.3) is 0 Å². The van der Waals surface area contributed by atoms with Gasteiger partial charge in [-0.1, -0.05) is 0 Å². The molecule has 0 saturated carbocycles. The summed E-state index contributed by atoms with van der Waals surface area (Å²) in [5.74, 6) is -0.460. The lowest BCUT2D eigenvalue weighted by Crippen LogP contribution is -2.55. The van der Waals surface area contributed by atoms with Gasteiger partial charge in [0.1, 0.15) is 0 Å². The summed E-state index contributed by atoms with van der Waals surface area (Å²) in [4.78, 5) is 27.4. The van der Waals surface area contributed by atoms with Crippen molar-refractivity contribution in [1.29, 1.82) is 0 Å². The number of thioether (sulfide) groups is 1. The number of hydrogen-bond acceptors (Lipinski definition) is 6. The molecule has 1 aromatic heterocycles. The first-order chi connectivity index (χ1) is 9.52. The van der Waals surface area contributed by atoms with Gasteiger partial charge in [0.05, 0.1) is 23.1 Å². The van der Waals surface area contributed by atoms with Crippen molar-refractivity contribution >= 4 is 35.0 Å². The number of nitrogens with zero attached hydrogens (tertiary/aromatic N) is 1. The molecule has 1 unspecified atom stereocenters. The molecule has 1 saturated heterocycles. The molecule has 8 heteroatoms. The van der Waals surface area contributed by atoms with Gasteiger partial charge in [-0.2, -0.15) is 0 Å². The van der Waals surface area contributed by atoms with Crippen LogP contribution in [0.1, 0.15) is 17.1 Å². The Morgan fingerprint density at radius 1 is 1.65 bits per heavy atom. The van der Waals surface area contributed by atoms with Crippen LogP contribution in [0.3, 0.4) is 0 Å². The third kappa shape index (κ3) is 3.71. The van der Waals surface area contributed by atoms with Crippen molar-refractivity contribution in [3.8, 4) is 0 Å². The Hall–Kier alpha value is -1.12. The van der Waals surface area contributed by atoms with Crippen LogP contribution in [-0.2, 0) is 20.1 Å². The molecule has 1 atom stereocenters. The number of thiazole rings is 1. The Bertz CT molecular complexity index is 497. The highest BCUT2D eigenvalue weighted by atomic mass is 32.2. The fourth-order valence-electron chi connectivity index (χ4n) is 1.91. The molecular weight excluding hydrogens is 300 g/mol. The highest BCUT2D eigenvalue weighted by Crippen LogP contribution is 2.20. The van der Waals surface area contributed by atoms with Crippen molar-refractivity contribution in [1.82, 2.24) is 10.3 Å². The lowest BCUT2D eigenvalue weighted by Gasteiger charge is -2.23. The highest BCUT2D eigenvalue weighted by molar-refractivity contribution is 7.99. The van der Waals surface area contributed by atoms with E-state index in [0.29, 0.717) is 18.8 Å². The van der Waals surface area contributed by atoms with Crippen molar-refractivity contribution in [2.24, 2.45) is 0 Å². The van der Waals surface area contributed by atoms with E-state index in [1.54, 1.807) is 11.3 Å². The number of hydrogen-bond donors (Lipinski definition) is 2. The van der Waals surface area contributed by atoms with E-state index in [0.717, 1.165) is 10.7 Å². The zero-order valence-corrected chi connectivity index (χ0v) is 12.7. The van der Waals surface area contributed by atoms with E-state index in [1.807, 2.05) is 12.3 Å². The van der Waals surface area contributed by atoms with Gasteiger partial charge in [-0.25, -0.2) is 9.78 Å². The molecule has 0 aromatic carbocycles. The molecule has 20 heavy (non-hydrogen) atoms. The Kier molecular flexibility index (Phi) is 5.00. The van der Waals surface area contributed by atoms with Gasteiger partial charge >= 0.3 is 5.97 Å². The third-order valence-corrected chi connectivity index (χ3v) is 4.75. The number of amides is 1. The lowest BCUT2D eigenvalue weighted by atomic mass is 9.99. The fraction of sp³-hybridized carbons (Fsp3) is 0.583. The molecule has 0 radical (unpaired) electrons. The second kappa shape index (κ2) is 6.55. The number of carboxylic acids is 1. The highest BCUT2D eigenvalue weighted by Gasteiger charge is 2.43. The monoisotopic (exact) mass is 316 g/mol. The van der Waals surface area contributed by atoms with E-state index in [2.05, 4.69) is 10.3 Å². The molecule has 0 aliphatic carbocycles. The molecule has 2 heterocycles. The van der Waals surface area contributed by atoms with Crippen LogP contribution in [-0.4, -0.2) is 46.5 Å². The number of carboxylic acid groups (broad SMARTS) is 1. The van der Waals surface area contributed by atoms with Gasteiger partial charge in [0.15, 0.2) is 5.54 Å². The molecule has 1 fully saturated rings. The Labute approximate surface area is 124 Å². The molecule has 0 spiro atoms. The summed E-state index contributed by atoms with van der Waals surface area (Å²) in [7, 11) is 0. The second-order valence-electron chi connectivity index (χ2n) is 4.59. The topological polar surface area (TPSA) is 88.5 Å². The van der Waals surface area contributed by atoms with E-state index < -0.39 is 11.5 Å². The van der Waals surface area contributed by atoms with Crippen molar-refractivity contribution in [3.63, 3.8) is 0 Å². The Balaban J connectivity index is 1.78. The summed E-state index contributed by atoms with van der Waals surface area (Å²) in [5, 5.41) is 14.8. The number of aryl methyl sites for hydroxylation is 1. The van der Waals surface area contributed by atoms with Gasteiger partial charge in [0.2, 0.25) is 5.91 Å². The van der Waals surface area contributed by atoms with Crippen molar-refractivity contribution < 1.29 is 19.4 Å². The largest absolute Gasteiger partial charge is 0.479 e. The Morgan fingerprint density at radius 2 is 2.45 bits per heavy atom. The van der Waals surface area contributed by atoms with Crippen molar-refractivity contribution in [2.75, 3.05) is 19.0 Å². The van der Waals surface area contributed by atoms with Crippen LogP contribution in [0.4, 0.5) is 0 Å². The average Bonchev–Trinajstić information content (AvgIpc) is 2.99. The lowest BCUT2D eigenvalue weighted by molar-refractivity contribution is -0.147. The number of carbonyl (C=O) groups is 2. The first-order valence-electron chi connectivity index (χ1n) is 6.13. The van der Waals surface area contributed by atoms with Crippen molar-refractivity contribution in [2.45, 2.75) is 24.6 Å². The van der Waals surface area contributed by atoms with E-state index >= 15 is 0 Å². The van der Waals surface area contributed by atoms with Crippen LogP contribution in [0.25, 0.3) is 0 Å². The summed E-state index contributed by atoms with van der Waals surface area (Å²) >= 11 is 2.99. The number of nitrogens with one attached hydrogen (secondary N) is 1. The van der Waals surface area contributed by atoms with E-state index in [9.17, 15) is 14.7 Å². The molecule has 0 bridgehead atoms. The van der Waals surface area contributed by atoms with Crippen LogP contribution >= 0.6 is 23.1 Å². The van der Waals surface area contributed by atoms with Crippen LogP contribution in [0.15, 0.2) is 5.38 Å². The minimum Gasteiger partial charge on any atom is -0.479 e. The van der Waals surface area contributed by atoms with Crippen LogP contribution in [0.2, 0.25) is 0 Å². The van der Waals surface area contributed by atoms with Gasteiger partial charge in [0, 0.05) is 24.2 Å². The van der Waals surface area contributed by atoms with Crippen LogP contribution in [0.5, 0.6) is 0 Å². The predicted octanol–water partition coefficient (Wildman–Crippen LogP) is 1.04. The minimum absolute atomic E-state index is 0.0318. The first-order valence-corrected chi connectivity index (χ1v) is 8.16. The molecule has 6 nitrogen and oxygen atoms in total. The van der Waals surface area contributed by atoms with E-state index in [1.165, 1.54) is 11.8 Å². The number of aromatic nitrogens is 1. The quantitative estimate of drug-likeness (QED) is 0.815. The molecule has 2 N–H and O–H groups in total. The zero-order valence-electron chi connectivity index (χ0n) is 11.0. The second-order valence-corrected chi connectivity index (χ2v) is 6.64. The van der Waals surface area contributed by atoms with E-state index in [-0.39, 0.29) is 18.3 Å². The summed E-state index contributed by atoms with van der Waals surface area (Å²) in [6.45, 7) is 2.32. The van der Waals surface area contributed by atoms with Gasteiger partial charge in [-0.05, 0) is 6.92 Å². The maximum absolute atomic E-state index is 11.8. The molecule has 1 aromatic rings. The number of ether oxygens (including phenoxy) is 1. The Morgan fingerprint density at radius 3 is 3.00 bits per heavy atom. The number of rotatable bonds is 6. The third-order valence-electron chi connectivity index (χ3n) is 2.96. The number of carbonyl (C=O) groups excluding carboxylic acids is 1. The predicted molar refractivity (Wildman–Crippen MR) is 77.0 cm³/mol. The molecule has 1 aliphatic rings.